The maximum absolute atomic E-state index is 13.9. The molecule has 1 N–H and O–H groups in total. The van der Waals surface area contributed by atoms with Crippen molar-refractivity contribution in [2.45, 2.75) is 25.1 Å². The van der Waals surface area contributed by atoms with Crippen LogP contribution in [0.3, 0.4) is 0 Å². The van der Waals surface area contributed by atoms with Crippen molar-refractivity contribution in [2.75, 3.05) is 55.1 Å². The monoisotopic (exact) mass is 458 g/mol. The first-order valence-electron chi connectivity index (χ1n) is 10.8. The van der Waals surface area contributed by atoms with Gasteiger partial charge in [-0.1, -0.05) is 12.1 Å². The molecule has 1 atom stereocenters. The first-order chi connectivity index (χ1) is 15.2. The predicted octanol–water partition coefficient (Wildman–Crippen LogP) is 2.15. The minimum Gasteiger partial charge on any atom is -0.379 e. The van der Waals surface area contributed by atoms with Crippen LogP contribution in [0.2, 0.25) is 0 Å². The molecule has 5 rings (SSSR count). The molecule has 0 saturated carbocycles. The number of hydrogen-bond donors (Lipinski definition) is 1. The first-order valence-corrected chi connectivity index (χ1v) is 13.7. The Balaban J connectivity index is 1.64. The van der Waals surface area contributed by atoms with Gasteiger partial charge in [-0.15, -0.1) is 0 Å². The summed E-state index contributed by atoms with van der Waals surface area (Å²) in [5.74, 6) is 2.61. The number of para-hydroxylation sites is 2. The number of nitrogens with zero attached hydrogens (tertiary/aromatic N) is 5. The third-order valence-corrected chi connectivity index (χ3v) is 9.31. The molecule has 0 unspecified atom stereocenters. The van der Waals surface area contributed by atoms with Crippen LogP contribution in [-0.4, -0.2) is 80.5 Å². The third kappa shape index (κ3) is 3.76. The fourth-order valence-corrected chi connectivity index (χ4v) is 6.07. The summed E-state index contributed by atoms with van der Waals surface area (Å²) in [7, 11) is -3.21. The number of ether oxygens (including phenoxy) is 2. The average molecular weight is 459 g/mol. The van der Waals surface area contributed by atoms with Crippen molar-refractivity contribution in [1.82, 2.24) is 19.5 Å². The molecule has 2 fully saturated rings. The standard InChI is InChI=1S/C22H30N6O3S/c1-15-12-30-10-9-27(15)21-11-20(26-32(3,4,29)17-13-31-14-17)24-22(25-21)28-16(2)23-18-7-5-6-8-19(18)28/h5-8,11,15,17H,9-10,12-14H2,1-4H3,(H,24,25,26,29)/t15-/m1/s1. The minimum absolute atomic E-state index is 0.0491. The van der Waals surface area contributed by atoms with Crippen LogP contribution >= 0.6 is 0 Å². The van der Waals surface area contributed by atoms with Gasteiger partial charge in [-0.05, 0) is 35.2 Å². The van der Waals surface area contributed by atoms with E-state index in [0.29, 0.717) is 38.2 Å². The molecule has 2 aliphatic rings. The number of rotatable bonds is 5. The van der Waals surface area contributed by atoms with Crippen LogP contribution in [0.15, 0.2) is 30.3 Å². The smallest absolute Gasteiger partial charge is 0.239 e. The number of fused-ring (bicyclic) bond motifs is 1. The van der Waals surface area contributed by atoms with E-state index in [4.69, 9.17) is 19.4 Å². The van der Waals surface area contributed by atoms with Crippen molar-refractivity contribution in [1.29, 1.82) is 0 Å². The van der Waals surface area contributed by atoms with Gasteiger partial charge in [0, 0.05) is 25.1 Å². The zero-order chi connectivity index (χ0) is 22.5. The summed E-state index contributed by atoms with van der Waals surface area (Å²) in [5.41, 5.74) is 1.81. The molecule has 9 nitrogen and oxygen atoms in total. The number of nitrogens with one attached hydrogen (secondary N) is 1. The van der Waals surface area contributed by atoms with Crippen molar-refractivity contribution < 1.29 is 13.7 Å². The normalized spacial score (nSPS) is 21.2. The van der Waals surface area contributed by atoms with Gasteiger partial charge in [0.1, 0.15) is 17.5 Å². The number of benzene rings is 1. The Hall–Kier alpha value is -2.56. The largest absolute Gasteiger partial charge is 0.379 e. The minimum atomic E-state index is -3.21. The Morgan fingerprint density at radius 2 is 1.88 bits per heavy atom. The molecule has 32 heavy (non-hydrogen) atoms. The van der Waals surface area contributed by atoms with Crippen LogP contribution in [0, 0.1) is 6.92 Å². The Labute approximate surface area is 187 Å². The van der Waals surface area contributed by atoms with E-state index in [1.165, 1.54) is 0 Å². The Kier molecular flexibility index (Phi) is 4.99. The molecular formula is C22H30N6O3S. The van der Waals surface area contributed by atoms with E-state index < -0.39 is 9.25 Å². The van der Waals surface area contributed by atoms with Gasteiger partial charge in [-0.25, -0.2) is 4.98 Å². The van der Waals surface area contributed by atoms with E-state index in [2.05, 4.69) is 21.5 Å². The van der Waals surface area contributed by atoms with E-state index in [1.54, 1.807) is 12.5 Å². The van der Waals surface area contributed by atoms with E-state index in [1.807, 2.05) is 41.8 Å². The molecule has 172 valence electrons. The highest BCUT2D eigenvalue weighted by atomic mass is 32.3. The van der Waals surface area contributed by atoms with Gasteiger partial charge in [-0.3, -0.25) is 8.78 Å². The summed E-state index contributed by atoms with van der Waals surface area (Å²) in [6.45, 7) is 7.04. The molecule has 0 aliphatic carbocycles. The summed E-state index contributed by atoms with van der Waals surface area (Å²) in [6, 6.07) is 9.98. The van der Waals surface area contributed by atoms with Gasteiger partial charge >= 0.3 is 0 Å². The van der Waals surface area contributed by atoms with E-state index in [-0.39, 0.29) is 11.3 Å². The van der Waals surface area contributed by atoms with Crippen molar-refractivity contribution >= 4 is 31.9 Å². The fourth-order valence-electron chi connectivity index (χ4n) is 4.19. The summed E-state index contributed by atoms with van der Waals surface area (Å²) < 4.78 is 30.0. The number of aryl methyl sites for hydroxylation is 1. The van der Waals surface area contributed by atoms with Crippen LogP contribution in [-0.2, 0) is 18.7 Å². The summed E-state index contributed by atoms with van der Waals surface area (Å²) >= 11 is 0. The second-order valence-electron chi connectivity index (χ2n) is 9.19. The second-order valence-corrected chi connectivity index (χ2v) is 13.9. The van der Waals surface area contributed by atoms with E-state index in [0.717, 1.165) is 29.2 Å². The van der Waals surface area contributed by atoms with Gasteiger partial charge in [0.15, 0.2) is 0 Å². The molecule has 2 aliphatic heterocycles. The predicted molar refractivity (Wildman–Crippen MR) is 127 cm³/mol. The van der Waals surface area contributed by atoms with Crippen LogP contribution in [0.25, 0.3) is 17.0 Å². The molecule has 2 aromatic heterocycles. The summed E-state index contributed by atoms with van der Waals surface area (Å²) in [6.07, 6.45) is 3.56. The molecule has 0 radical (unpaired) electrons. The average Bonchev–Trinajstić information content (AvgIpc) is 3.01. The lowest BCUT2D eigenvalue weighted by Gasteiger charge is -2.47. The maximum atomic E-state index is 13.9. The quantitative estimate of drug-likeness (QED) is 0.626. The highest BCUT2D eigenvalue weighted by Gasteiger charge is 2.41. The zero-order valence-corrected chi connectivity index (χ0v) is 19.8. The van der Waals surface area contributed by atoms with Gasteiger partial charge in [-0.2, -0.15) is 9.97 Å². The van der Waals surface area contributed by atoms with Gasteiger partial charge < -0.3 is 19.1 Å². The van der Waals surface area contributed by atoms with Crippen molar-refractivity contribution in [3.05, 3.63) is 36.2 Å². The SMILES string of the molecule is Cc1nc2ccccc2n1-c1nc(NS(C)(C)(=O)C2COC2)cc(N2CCOC[C@H]2C)n1. The molecular weight excluding hydrogens is 428 g/mol. The van der Waals surface area contributed by atoms with Gasteiger partial charge in [0.05, 0.1) is 48.8 Å². The summed E-state index contributed by atoms with van der Waals surface area (Å²) in [5, 5.41) is -0.0491. The van der Waals surface area contributed by atoms with Crippen molar-refractivity contribution in [2.24, 2.45) is 0 Å². The molecule has 0 spiro atoms. The zero-order valence-electron chi connectivity index (χ0n) is 18.9. The number of morpholine rings is 1. The van der Waals surface area contributed by atoms with Gasteiger partial charge in [0.25, 0.3) is 0 Å². The van der Waals surface area contributed by atoms with E-state index >= 15 is 0 Å². The Morgan fingerprint density at radius 3 is 2.59 bits per heavy atom. The molecule has 0 amide bonds. The number of anilines is 2. The number of hydrogen-bond acceptors (Lipinski definition) is 7. The molecule has 1 aromatic carbocycles. The Bertz CT molecular complexity index is 1230. The lowest BCUT2D eigenvalue weighted by molar-refractivity contribution is 0.0416. The van der Waals surface area contributed by atoms with Crippen LogP contribution < -0.4 is 9.62 Å². The van der Waals surface area contributed by atoms with Gasteiger partial charge in [0.2, 0.25) is 5.95 Å². The first kappa shape index (κ1) is 21.3. The number of imidazole rings is 1. The Morgan fingerprint density at radius 1 is 1.09 bits per heavy atom. The highest BCUT2D eigenvalue weighted by Crippen LogP contribution is 2.33. The van der Waals surface area contributed by atoms with E-state index in [9.17, 15) is 4.21 Å². The van der Waals surface area contributed by atoms with Crippen molar-refractivity contribution in [3.63, 3.8) is 0 Å². The van der Waals surface area contributed by atoms with Crippen molar-refractivity contribution in [3.8, 4) is 5.95 Å². The lowest BCUT2D eigenvalue weighted by atomic mass is 10.2. The third-order valence-electron chi connectivity index (χ3n) is 6.28. The lowest BCUT2D eigenvalue weighted by Crippen LogP contribution is -2.58. The fraction of sp³-hybridized carbons (Fsp3) is 0.500. The topological polar surface area (TPSA) is 94.4 Å². The number of aromatic nitrogens is 4. The second kappa shape index (κ2) is 7.50. The van der Waals surface area contributed by atoms with Crippen LogP contribution in [0.5, 0.6) is 0 Å². The molecule has 3 aromatic rings. The molecule has 10 heteroatoms. The summed E-state index contributed by atoms with van der Waals surface area (Å²) in [4.78, 5) is 16.6. The van der Waals surface area contributed by atoms with Crippen LogP contribution in [0.1, 0.15) is 12.7 Å². The maximum Gasteiger partial charge on any atom is 0.239 e. The highest BCUT2D eigenvalue weighted by molar-refractivity contribution is 8.20. The molecule has 2 saturated heterocycles. The van der Waals surface area contributed by atoms with Crippen LogP contribution in [0.4, 0.5) is 11.6 Å². The molecule has 4 heterocycles. The molecule has 0 bridgehead atoms.